The van der Waals surface area contributed by atoms with Gasteiger partial charge in [-0.05, 0) is 25.5 Å². The quantitative estimate of drug-likeness (QED) is 0.632. The summed E-state index contributed by atoms with van der Waals surface area (Å²) in [5.74, 6) is 1.11. The van der Waals surface area contributed by atoms with Crippen molar-refractivity contribution in [1.29, 1.82) is 0 Å². The normalized spacial score (nSPS) is 12.3. The van der Waals surface area contributed by atoms with E-state index in [0.29, 0.717) is 23.9 Å². The Hall–Kier alpha value is -2.45. The van der Waals surface area contributed by atoms with Crippen molar-refractivity contribution in [2.45, 2.75) is 19.9 Å². The molecule has 8 heteroatoms. The van der Waals surface area contributed by atoms with Gasteiger partial charge in [-0.2, -0.15) is 0 Å². The van der Waals surface area contributed by atoms with Gasteiger partial charge in [0.25, 0.3) is 0 Å². The molecule has 1 atom stereocenters. The summed E-state index contributed by atoms with van der Waals surface area (Å²) >= 11 is 1.56. The summed E-state index contributed by atoms with van der Waals surface area (Å²) in [7, 11) is 1.66. The molecule has 1 unspecified atom stereocenters. The van der Waals surface area contributed by atoms with E-state index in [-0.39, 0.29) is 6.04 Å². The van der Waals surface area contributed by atoms with Gasteiger partial charge in [-0.1, -0.05) is 23.5 Å². The Morgan fingerprint density at radius 3 is 2.83 bits per heavy atom. The van der Waals surface area contributed by atoms with Crippen molar-refractivity contribution in [3.63, 3.8) is 0 Å². The number of anilines is 4. The number of nitrogen functional groups attached to an aromatic ring is 1. The number of aryl methyl sites for hydroxylation is 1. The monoisotopic (exact) mass is 344 g/mol. The largest absolute Gasteiger partial charge is 0.393 e. The molecular formula is C16H20N6OS. The molecule has 0 saturated carbocycles. The van der Waals surface area contributed by atoms with Crippen molar-refractivity contribution >= 4 is 44.0 Å². The lowest BCUT2D eigenvalue weighted by atomic mass is 10.2. The van der Waals surface area contributed by atoms with E-state index < -0.39 is 0 Å². The summed E-state index contributed by atoms with van der Waals surface area (Å²) in [4.78, 5) is 13.0. The Balaban J connectivity index is 1.85. The summed E-state index contributed by atoms with van der Waals surface area (Å²) in [5, 5.41) is 7.16. The van der Waals surface area contributed by atoms with E-state index in [9.17, 15) is 0 Å². The number of benzene rings is 1. The van der Waals surface area contributed by atoms with Crippen LogP contribution < -0.4 is 16.4 Å². The molecule has 3 rings (SSSR count). The van der Waals surface area contributed by atoms with Crippen molar-refractivity contribution in [3.8, 4) is 0 Å². The van der Waals surface area contributed by atoms with E-state index in [0.717, 1.165) is 20.9 Å². The second-order valence-electron chi connectivity index (χ2n) is 5.55. The minimum absolute atomic E-state index is 0.0881. The summed E-state index contributed by atoms with van der Waals surface area (Å²) in [6, 6.07) is 6.21. The summed E-state index contributed by atoms with van der Waals surface area (Å²) < 4.78 is 6.24. The van der Waals surface area contributed by atoms with Gasteiger partial charge < -0.3 is 21.1 Å². The van der Waals surface area contributed by atoms with E-state index in [4.69, 9.17) is 10.5 Å². The molecule has 0 bridgehead atoms. The van der Waals surface area contributed by atoms with E-state index in [1.165, 1.54) is 6.33 Å². The number of nitrogens with zero attached hydrogens (tertiary/aromatic N) is 3. The molecule has 2 aromatic heterocycles. The van der Waals surface area contributed by atoms with Gasteiger partial charge in [0.1, 0.15) is 12.0 Å². The number of rotatable bonds is 6. The van der Waals surface area contributed by atoms with Crippen molar-refractivity contribution in [3.05, 3.63) is 30.1 Å². The second-order valence-corrected chi connectivity index (χ2v) is 6.58. The zero-order chi connectivity index (χ0) is 17.1. The van der Waals surface area contributed by atoms with Crippen LogP contribution in [0.25, 0.3) is 10.2 Å². The highest BCUT2D eigenvalue weighted by Crippen LogP contribution is 2.32. The van der Waals surface area contributed by atoms with E-state index in [1.807, 2.05) is 32.0 Å². The number of hydrogen-bond acceptors (Lipinski definition) is 8. The van der Waals surface area contributed by atoms with Crippen LogP contribution >= 0.6 is 11.3 Å². The lowest BCUT2D eigenvalue weighted by Crippen LogP contribution is -2.22. The summed E-state index contributed by atoms with van der Waals surface area (Å²) in [6.45, 7) is 4.60. The van der Waals surface area contributed by atoms with Crippen LogP contribution in [-0.4, -0.2) is 34.7 Å². The smallest absolute Gasteiger partial charge is 0.189 e. The maximum Gasteiger partial charge on any atom is 0.189 e. The molecule has 0 fully saturated rings. The molecule has 0 radical (unpaired) electrons. The highest BCUT2D eigenvalue weighted by Gasteiger charge is 2.13. The first-order valence-corrected chi connectivity index (χ1v) is 8.39. The Morgan fingerprint density at radius 2 is 2.08 bits per heavy atom. The first kappa shape index (κ1) is 16.4. The molecule has 0 amide bonds. The minimum Gasteiger partial charge on any atom is -0.393 e. The number of nitrogens with one attached hydrogen (secondary N) is 2. The highest BCUT2D eigenvalue weighted by molar-refractivity contribution is 7.22. The molecule has 1 aromatic carbocycles. The zero-order valence-corrected chi connectivity index (χ0v) is 14.6. The van der Waals surface area contributed by atoms with Gasteiger partial charge in [-0.3, -0.25) is 0 Å². The van der Waals surface area contributed by atoms with Crippen LogP contribution in [0.1, 0.15) is 12.5 Å². The fourth-order valence-electron chi connectivity index (χ4n) is 2.38. The first-order valence-electron chi connectivity index (χ1n) is 7.57. The Bertz CT molecular complexity index is 850. The van der Waals surface area contributed by atoms with E-state index in [1.54, 1.807) is 18.4 Å². The predicted molar refractivity (Wildman–Crippen MR) is 99.0 cm³/mol. The zero-order valence-electron chi connectivity index (χ0n) is 13.8. The van der Waals surface area contributed by atoms with Crippen molar-refractivity contribution in [2.75, 3.05) is 30.1 Å². The number of ether oxygens (including phenoxy) is 1. The molecule has 2 heterocycles. The van der Waals surface area contributed by atoms with Crippen LogP contribution in [0.5, 0.6) is 0 Å². The average molecular weight is 344 g/mol. The molecule has 126 valence electrons. The molecule has 24 heavy (non-hydrogen) atoms. The molecule has 4 N–H and O–H groups in total. The number of methoxy groups -OCH3 is 1. The van der Waals surface area contributed by atoms with Crippen molar-refractivity contribution in [1.82, 2.24) is 15.0 Å². The third-order valence-corrected chi connectivity index (χ3v) is 4.47. The van der Waals surface area contributed by atoms with Gasteiger partial charge in [-0.25, -0.2) is 15.0 Å². The second kappa shape index (κ2) is 6.98. The average Bonchev–Trinajstić information content (AvgIpc) is 2.96. The Morgan fingerprint density at radius 1 is 1.29 bits per heavy atom. The van der Waals surface area contributed by atoms with E-state index >= 15 is 0 Å². The predicted octanol–water partition coefficient (Wildman–Crippen LogP) is 3.17. The third kappa shape index (κ3) is 3.39. The van der Waals surface area contributed by atoms with Crippen molar-refractivity contribution in [2.24, 2.45) is 0 Å². The van der Waals surface area contributed by atoms with Crippen LogP contribution in [0, 0.1) is 6.92 Å². The van der Waals surface area contributed by atoms with Crippen molar-refractivity contribution < 1.29 is 4.74 Å². The van der Waals surface area contributed by atoms with Crippen LogP contribution in [0.15, 0.2) is 24.5 Å². The number of aromatic nitrogens is 3. The molecule has 0 aliphatic carbocycles. The standard InChI is InChI=1S/C16H20N6OS/c1-9-5-4-6-11-13(9)21-16(24-11)22-15-12(17)14(18-8-19-15)20-10(2)7-23-3/h4-6,8,10H,7,17H2,1-3H3,(H2,18,19,20,21,22). The Labute approximate surface area is 144 Å². The number of para-hydroxylation sites is 1. The molecular weight excluding hydrogens is 324 g/mol. The Kier molecular flexibility index (Phi) is 4.77. The number of thiazole rings is 1. The summed E-state index contributed by atoms with van der Waals surface area (Å²) in [6.07, 6.45) is 1.47. The summed E-state index contributed by atoms with van der Waals surface area (Å²) in [5.41, 5.74) is 8.77. The van der Waals surface area contributed by atoms with E-state index in [2.05, 4.69) is 25.6 Å². The molecule has 0 aliphatic rings. The number of hydrogen-bond donors (Lipinski definition) is 3. The highest BCUT2D eigenvalue weighted by atomic mass is 32.1. The fourth-order valence-corrected chi connectivity index (χ4v) is 3.32. The maximum absolute atomic E-state index is 6.19. The topological polar surface area (TPSA) is 98.0 Å². The van der Waals surface area contributed by atoms with Gasteiger partial charge >= 0.3 is 0 Å². The van der Waals surface area contributed by atoms with Crippen LogP contribution in [0.2, 0.25) is 0 Å². The van der Waals surface area contributed by atoms with Gasteiger partial charge in [0.05, 0.1) is 16.8 Å². The molecule has 0 aliphatic heterocycles. The van der Waals surface area contributed by atoms with Crippen LogP contribution in [-0.2, 0) is 4.74 Å². The number of fused-ring (bicyclic) bond motifs is 1. The maximum atomic E-state index is 6.19. The minimum atomic E-state index is 0.0881. The first-order chi connectivity index (χ1) is 11.6. The molecule has 0 saturated heterocycles. The van der Waals surface area contributed by atoms with Gasteiger partial charge in [0.2, 0.25) is 0 Å². The van der Waals surface area contributed by atoms with Gasteiger partial charge in [0, 0.05) is 13.2 Å². The molecule has 7 nitrogen and oxygen atoms in total. The van der Waals surface area contributed by atoms with Crippen LogP contribution in [0.3, 0.4) is 0 Å². The molecule has 3 aromatic rings. The lowest BCUT2D eigenvalue weighted by molar-refractivity contribution is 0.190. The fraction of sp³-hybridized carbons (Fsp3) is 0.312. The third-order valence-electron chi connectivity index (χ3n) is 3.53. The van der Waals surface area contributed by atoms with Crippen LogP contribution in [0.4, 0.5) is 22.5 Å². The SMILES string of the molecule is COCC(C)Nc1ncnc(Nc2nc3c(C)cccc3s2)c1N. The molecule has 0 spiro atoms. The number of nitrogens with two attached hydrogens (primary N) is 1. The lowest BCUT2D eigenvalue weighted by Gasteiger charge is -2.16. The van der Waals surface area contributed by atoms with Gasteiger partial charge in [-0.15, -0.1) is 0 Å². The van der Waals surface area contributed by atoms with Gasteiger partial charge in [0.15, 0.2) is 16.8 Å².